The molecule has 0 amide bonds. The Morgan fingerprint density at radius 2 is 2.07 bits per heavy atom. The van der Waals surface area contributed by atoms with Crippen LogP contribution in [0.15, 0.2) is 0 Å². The SMILES string of the molecule is CCNC(CC(=O)[O-])C1CCCC1.[K+]. The first-order valence-electron chi connectivity index (χ1n) is 5.17. The summed E-state index contributed by atoms with van der Waals surface area (Å²) in [5.41, 5.74) is 0. The first-order chi connectivity index (χ1) is 6.24. The Morgan fingerprint density at radius 1 is 1.50 bits per heavy atom. The standard InChI is InChI=1S/C10H19NO2.K/c1-2-11-9(7-10(12)13)8-5-3-4-6-8;/h8-9,11H,2-7H2,1H3,(H,12,13);/q;+1/p-1. The van der Waals surface area contributed by atoms with Crippen LogP contribution in [-0.4, -0.2) is 18.6 Å². The van der Waals surface area contributed by atoms with Crippen molar-refractivity contribution in [3.8, 4) is 0 Å². The number of aliphatic carboxylic acids is 1. The van der Waals surface area contributed by atoms with E-state index in [-0.39, 0.29) is 63.8 Å². The van der Waals surface area contributed by atoms with Crippen LogP contribution in [-0.2, 0) is 4.79 Å². The molecule has 1 aliphatic carbocycles. The van der Waals surface area contributed by atoms with E-state index in [4.69, 9.17) is 0 Å². The largest absolute Gasteiger partial charge is 1.00 e. The molecule has 0 aromatic rings. The summed E-state index contributed by atoms with van der Waals surface area (Å²) in [6.07, 6.45) is 5.01. The van der Waals surface area contributed by atoms with Gasteiger partial charge in [0.2, 0.25) is 0 Å². The second-order valence-corrected chi connectivity index (χ2v) is 3.78. The molecule has 4 heteroatoms. The maximum atomic E-state index is 10.5. The predicted molar refractivity (Wildman–Crippen MR) is 49.0 cm³/mol. The molecule has 3 nitrogen and oxygen atoms in total. The van der Waals surface area contributed by atoms with Crippen LogP contribution in [0.5, 0.6) is 0 Å². The van der Waals surface area contributed by atoms with Gasteiger partial charge in [0.25, 0.3) is 0 Å². The summed E-state index contributed by atoms with van der Waals surface area (Å²) in [5, 5.41) is 13.7. The van der Waals surface area contributed by atoms with E-state index in [1.54, 1.807) is 0 Å². The molecule has 0 aliphatic heterocycles. The summed E-state index contributed by atoms with van der Waals surface area (Å²) in [7, 11) is 0. The van der Waals surface area contributed by atoms with E-state index in [1.165, 1.54) is 25.7 Å². The van der Waals surface area contributed by atoms with Gasteiger partial charge in [-0.25, -0.2) is 0 Å². The number of hydrogen-bond acceptors (Lipinski definition) is 3. The molecule has 76 valence electrons. The summed E-state index contributed by atoms with van der Waals surface area (Å²) < 4.78 is 0. The summed E-state index contributed by atoms with van der Waals surface area (Å²) in [6, 6.07) is 0.137. The van der Waals surface area contributed by atoms with Crippen molar-refractivity contribution in [2.75, 3.05) is 6.54 Å². The predicted octanol–water partition coefficient (Wildman–Crippen LogP) is -2.70. The maximum absolute atomic E-state index is 10.5. The van der Waals surface area contributed by atoms with E-state index in [0.29, 0.717) is 5.92 Å². The molecule has 0 bridgehead atoms. The van der Waals surface area contributed by atoms with Crippen molar-refractivity contribution in [1.82, 2.24) is 5.32 Å². The molecule has 1 N–H and O–H groups in total. The Labute approximate surface area is 128 Å². The second-order valence-electron chi connectivity index (χ2n) is 3.78. The quantitative estimate of drug-likeness (QED) is 0.516. The number of carbonyl (C=O) groups excluding carboxylic acids is 1. The molecule has 1 fully saturated rings. The third-order valence-electron chi connectivity index (χ3n) is 2.82. The van der Waals surface area contributed by atoms with Crippen molar-refractivity contribution < 1.29 is 61.3 Å². The van der Waals surface area contributed by atoms with Crippen LogP contribution in [0, 0.1) is 5.92 Å². The van der Waals surface area contributed by atoms with Crippen LogP contribution in [0.1, 0.15) is 39.0 Å². The first kappa shape index (κ1) is 15.1. The molecule has 1 unspecified atom stereocenters. The second kappa shape index (κ2) is 8.25. The molecule has 1 rings (SSSR count). The van der Waals surface area contributed by atoms with Crippen LogP contribution in [0.2, 0.25) is 0 Å². The molecule has 0 aromatic carbocycles. The zero-order valence-electron chi connectivity index (χ0n) is 9.21. The smallest absolute Gasteiger partial charge is 0.550 e. The molecule has 0 radical (unpaired) electrons. The van der Waals surface area contributed by atoms with Crippen LogP contribution >= 0.6 is 0 Å². The fourth-order valence-electron chi connectivity index (χ4n) is 2.21. The maximum Gasteiger partial charge on any atom is 1.00 e. The van der Waals surface area contributed by atoms with Crippen molar-refractivity contribution in [1.29, 1.82) is 0 Å². The van der Waals surface area contributed by atoms with Gasteiger partial charge in [0, 0.05) is 18.4 Å². The van der Waals surface area contributed by atoms with Gasteiger partial charge < -0.3 is 15.2 Å². The Bertz CT molecular complexity index is 170. The zero-order valence-corrected chi connectivity index (χ0v) is 12.3. The van der Waals surface area contributed by atoms with Gasteiger partial charge in [-0.15, -0.1) is 0 Å². The van der Waals surface area contributed by atoms with Gasteiger partial charge in [-0.1, -0.05) is 19.8 Å². The van der Waals surface area contributed by atoms with E-state index in [0.717, 1.165) is 6.54 Å². The van der Waals surface area contributed by atoms with E-state index < -0.39 is 5.97 Å². The van der Waals surface area contributed by atoms with Gasteiger partial charge in [0.15, 0.2) is 0 Å². The van der Waals surface area contributed by atoms with Gasteiger partial charge in [0.1, 0.15) is 0 Å². The molecule has 0 aromatic heterocycles. The molecule has 14 heavy (non-hydrogen) atoms. The van der Waals surface area contributed by atoms with Crippen molar-refractivity contribution in [2.24, 2.45) is 5.92 Å². The Morgan fingerprint density at radius 3 is 2.50 bits per heavy atom. The van der Waals surface area contributed by atoms with Gasteiger partial charge in [-0.05, 0) is 25.3 Å². The molecule has 0 saturated heterocycles. The molecule has 0 heterocycles. The third-order valence-corrected chi connectivity index (χ3v) is 2.82. The van der Waals surface area contributed by atoms with Crippen molar-refractivity contribution in [3.05, 3.63) is 0 Å². The minimum atomic E-state index is -0.933. The van der Waals surface area contributed by atoms with Crippen LogP contribution in [0.3, 0.4) is 0 Å². The number of nitrogens with one attached hydrogen (secondary N) is 1. The normalized spacial score (nSPS) is 18.9. The fourth-order valence-corrected chi connectivity index (χ4v) is 2.21. The van der Waals surface area contributed by atoms with Gasteiger partial charge >= 0.3 is 51.4 Å². The summed E-state index contributed by atoms with van der Waals surface area (Å²) in [5.74, 6) is -0.379. The van der Waals surface area contributed by atoms with E-state index in [2.05, 4.69) is 5.32 Å². The molecule has 1 atom stereocenters. The van der Waals surface area contributed by atoms with E-state index >= 15 is 0 Å². The van der Waals surface area contributed by atoms with Crippen molar-refractivity contribution in [3.63, 3.8) is 0 Å². The minimum absolute atomic E-state index is 0. The van der Waals surface area contributed by atoms with Gasteiger partial charge in [0.05, 0.1) is 0 Å². The third kappa shape index (κ3) is 5.23. The monoisotopic (exact) mass is 223 g/mol. The Kier molecular flexibility index (Phi) is 8.87. The number of rotatable bonds is 5. The topological polar surface area (TPSA) is 52.2 Å². The first-order valence-corrected chi connectivity index (χ1v) is 5.17. The molecular weight excluding hydrogens is 205 g/mol. The molecular formula is C10H18KNO2. The molecule has 1 saturated carbocycles. The Hall–Kier alpha value is 1.07. The van der Waals surface area contributed by atoms with Crippen molar-refractivity contribution >= 4 is 5.97 Å². The van der Waals surface area contributed by atoms with Crippen LogP contribution in [0.4, 0.5) is 0 Å². The van der Waals surface area contributed by atoms with Gasteiger partial charge in [-0.3, -0.25) is 0 Å². The van der Waals surface area contributed by atoms with Crippen LogP contribution in [0.25, 0.3) is 0 Å². The average molecular weight is 223 g/mol. The van der Waals surface area contributed by atoms with Gasteiger partial charge in [-0.2, -0.15) is 0 Å². The number of hydrogen-bond donors (Lipinski definition) is 1. The number of carboxylic acid groups (broad SMARTS) is 1. The summed E-state index contributed by atoms with van der Waals surface area (Å²) in [6.45, 7) is 2.85. The summed E-state index contributed by atoms with van der Waals surface area (Å²) in [4.78, 5) is 10.5. The molecule has 1 aliphatic rings. The van der Waals surface area contributed by atoms with Crippen LogP contribution < -0.4 is 61.8 Å². The average Bonchev–Trinajstić information content (AvgIpc) is 2.54. The molecule has 0 spiro atoms. The van der Waals surface area contributed by atoms with Crippen molar-refractivity contribution in [2.45, 2.75) is 45.1 Å². The number of carbonyl (C=O) groups is 1. The van der Waals surface area contributed by atoms with E-state index in [9.17, 15) is 9.90 Å². The zero-order chi connectivity index (χ0) is 9.68. The Balaban J connectivity index is 0.00000169. The minimum Gasteiger partial charge on any atom is -0.550 e. The van der Waals surface area contributed by atoms with E-state index in [1.807, 2.05) is 6.92 Å². The fraction of sp³-hybridized carbons (Fsp3) is 0.900. The number of carboxylic acids is 1. The summed E-state index contributed by atoms with van der Waals surface area (Å²) >= 11 is 0.